The molecule has 3 heteroatoms. The van der Waals surface area contributed by atoms with Crippen molar-refractivity contribution in [3.05, 3.63) is 30.1 Å². The molecule has 0 bridgehead atoms. The Kier molecular flexibility index (Phi) is 2.44. The van der Waals surface area contributed by atoms with Crippen molar-refractivity contribution in [3.63, 3.8) is 0 Å². The number of aliphatic hydroxyl groups excluding tert-OH is 1. The maximum Gasteiger partial charge on any atom is 0.140 e. The van der Waals surface area contributed by atoms with Crippen LogP contribution in [-0.2, 0) is 5.54 Å². The van der Waals surface area contributed by atoms with Gasteiger partial charge in [-0.25, -0.2) is 4.98 Å². The molecule has 0 radical (unpaired) electrons. The molecule has 1 aliphatic rings. The number of aliphatic hydroxyl groups is 1. The van der Waals surface area contributed by atoms with Crippen molar-refractivity contribution >= 4 is 11.0 Å². The monoisotopic (exact) mass is 230 g/mol. The highest BCUT2D eigenvalue weighted by atomic mass is 16.3. The highest BCUT2D eigenvalue weighted by molar-refractivity contribution is 5.77. The quantitative estimate of drug-likeness (QED) is 0.861. The summed E-state index contributed by atoms with van der Waals surface area (Å²) in [6.45, 7) is 2.33. The minimum Gasteiger partial charge on any atom is -0.394 e. The summed E-state index contributed by atoms with van der Waals surface area (Å²) in [4.78, 5) is 4.49. The molecule has 0 unspecified atom stereocenters. The number of pyridine rings is 1. The molecule has 0 atom stereocenters. The Morgan fingerprint density at radius 2 is 2.18 bits per heavy atom. The molecule has 2 aromatic heterocycles. The topological polar surface area (TPSA) is 38.0 Å². The van der Waals surface area contributed by atoms with Crippen LogP contribution in [0.25, 0.3) is 11.0 Å². The molecule has 3 nitrogen and oxygen atoms in total. The van der Waals surface area contributed by atoms with Crippen LogP contribution in [0.1, 0.15) is 31.4 Å². The number of hydrogen-bond donors (Lipinski definition) is 1. The second-order valence-corrected chi connectivity index (χ2v) is 5.13. The predicted octanol–water partition coefficient (Wildman–Crippen LogP) is 2.61. The van der Waals surface area contributed by atoms with Crippen molar-refractivity contribution in [1.29, 1.82) is 0 Å². The van der Waals surface area contributed by atoms with E-state index in [-0.39, 0.29) is 12.1 Å². The Labute approximate surface area is 101 Å². The maximum atomic E-state index is 9.82. The average Bonchev–Trinajstić information content (AvgIpc) is 2.92. The lowest BCUT2D eigenvalue weighted by Crippen LogP contribution is -2.35. The number of nitrogens with zero attached hydrogens (tertiary/aromatic N) is 2. The fraction of sp³-hybridized carbons (Fsp3) is 0.500. The fourth-order valence-electron chi connectivity index (χ4n) is 3.25. The van der Waals surface area contributed by atoms with Crippen LogP contribution in [-0.4, -0.2) is 21.3 Å². The van der Waals surface area contributed by atoms with Crippen molar-refractivity contribution in [2.45, 2.75) is 38.1 Å². The van der Waals surface area contributed by atoms with Gasteiger partial charge in [0.2, 0.25) is 0 Å². The molecule has 0 spiro atoms. The van der Waals surface area contributed by atoms with Gasteiger partial charge in [-0.15, -0.1) is 0 Å². The van der Waals surface area contributed by atoms with Crippen molar-refractivity contribution in [3.8, 4) is 0 Å². The van der Waals surface area contributed by atoms with Gasteiger partial charge in [-0.1, -0.05) is 12.8 Å². The van der Waals surface area contributed by atoms with Gasteiger partial charge < -0.3 is 9.67 Å². The molecule has 1 fully saturated rings. The van der Waals surface area contributed by atoms with E-state index >= 15 is 0 Å². The van der Waals surface area contributed by atoms with Gasteiger partial charge in [0.05, 0.1) is 12.1 Å². The lowest BCUT2D eigenvalue weighted by atomic mass is 9.98. The Hall–Kier alpha value is -1.35. The van der Waals surface area contributed by atoms with Gasteiger partial charge in [0, 0.05) is 17.3 Å². The maximum absolute atomic E-state index is 9.82. The summed E-state index contributed by atoms with van der Waals surface area (Å²) in [5, 5.41) is 11.0. The summed E-state index contributed by atoms with van der Waals surface area (Å²) in [6.07, 6.45) is 6.35. The first-order chi connectivity index (χ1) is 8.27. The van der Waals surface area contributed by atoms with Gasteiger partial charge in [-0.3, -0.25) is 0 Å². The number of aromatic nitrogens is 2. The number of fused-ring (bicyclic) bond motifs is 1. The highest BCUT2D eigenvalue weighted by Gasteiger charge is 2.36. The van der Waals surface area contributed by atoms with Crippen LogP contribution in [0.15, 0.2) is 24.4 Å². The minimum atomic E-state index is -0.111. The molecule has 0 aliphatic heterocycles. The SMILES string of the molecule is Cc1cc2cccnc2n1C1(CO)CCCC1. The molecule has 0 aromatic carbocycles. The molecular formula is C14H18N2O. The fourth-order valence-corrected chi connectivity index (χ4v) is 3.25. The van der Waals surface area contributed by atoms with Crippen LogP contribution < -0.4 is 0 Å². The molecule has 0 saturated heterocycles. The van der Waals surface area contributed by atoms with Gasteiger partial charge in [-0.2, -0.15) is 0 Å². The average molecular weight is 230 g/mol. The van der Waals surface area contributed by atoms with Crippen LogP contribution >= 0.6 is 0 Å². The van der Waals surface area contributed by atoms with Crippen molar-refractivity contribution in [1.82, 2.24) is 9.55 Å². The zero-order valence-electron chi connectivity index (χ0n) is 10.2. The third-order valence-electron chi connectivity index (χ3n) is 4.05. The van der Waals surface area contributed by atoms with Gasteiger partial charge >= 0.3 is 0 Å². The van der Waals surface area contributed by atoms with E-state index in [2.05, 4.69) is 28.6 Å². The van der Waals surface area contributed by atoms with Gasteiger partial charge in [-0.05, 0) is 38.0 Å². The first kappa shape index (κ1) is 10.8. The number of aryl methyl sites for hydroxylation is 1. The van der Waals surface area contributed by atoms with E-state index < -0.39 is 0 Å². The Balaban J connectivity index is 2.25. The van der Waals surface area contributed by atoms with Crippen LogP contribution in [0.5, 0.6) is 0 Å². The van der Waals surface area contributed by atoms with E-state index in [1.807, 2.05) is 12.3 Å². The zero-order chi connectivity index (χ0) is 11.9. The van der Waals surface area contributed by atoms with Crippen LogP contribution in [0.4, 0.5) is 0 Å². The van der Waals surface area contributed by atoms with E-state index in [4.69, 9.17) is 0 Å². The summed E-state index contributed by atoms with van der Waals surface area (Å²) in [5.74, 6) is 0. The second kappa shape index (κ2) is 3.84. The van der Waals surface area contributed by atoms with E-state index in [9.17, 15) is 5.11 Å². The molecule has 3 rings (SSSR count). The smallest absolute Gasteiger partial charge is 0.140 e. The van der Waals surface area contributed by atoms with Crippen LogP contribution in [0.2, 0.25) is 0 Å². The Morgan fingerprint density at radius 1 is 1.41 bits per heavy atom. The van der Waals surface area contributed by atoms with Gasteiger partial charge in [0.15, 0.2) is 0 Å². The van der Waals surface area contributed by atoms with Crippen molar-refractivity contribution < 1.29 is 5.11 Å². The number of hydrogen-bond acceptors (Lipinski definition) is 2. The molecule has 0 amide bonds. The zero-order valence-corrected chi connectivity index (χ0v) is 10.2. The molecule has 90 valence electrons. The summed E-state index contributed by atoms with van der Waals surface area (Å²) < 4.78 is 2.26. The Bertz CT molecular complexity index is 538. The predicted molar refractivity (Wildman–Crippen MR) is 68.0 cm³/mol. The van der Waals surface area contributed by atoms with E-state index in [1.165, 1.54) is 23.9 Å². The molecule has 1 aliphatic carbocycles. The standard InChI is InChI=1S/C14H18N2O/c1-11-9-12-5-4-8-15-13(12)16(11)14(10-17)6-2-3-7-14/h4-5,8-9,17H,2-3,6-7,10H2,1H3. The normalized spacial score (nSPS) is 18.9. The van der Waals surface area contributed by atoms with Crippen LogP contribution in [0.3, 0.4) is 0 Å². The van der Waals surface area contributed by atoms with Crippen LogP contribution in [0, 0.1) is 6.92 Å². The highest BCUT2D eigenvalue weighted by Crippen LogP contribution is 2.39. The lowest BCUT2D eigenvalue weighted by molar-refractivity contribution is 0.138. The first-order valence-corrected chi connectivity index (χ1v) is 6.31. The van der Waals surface area contributed by atoms with E-state index in [0.29, 0.717) is 0 Å². The molecule has 17 heavy (non-hydrogen) atoms. The third kappa shape index (κ3) is 1.49. The largest absolute Gasteiger partial charge is 0.394 e. The minimum absolute atomic E-state index is 0.111. The van der Waals surface area contributed by atoms with Gasteiger partial charge in [0.25, 0.3) is 0 Å². The van der Waals surface area contributed by atoms with E-state index in [0.717, 1.165) is 18.5 Å². The number of rotatable bonds is 2. The molecule has 1 N–H and O–H groups in total. The first-order valence-electron chi connectivity index (χ1n) is 6.31. The third-order valence-corrected chi connectivity index (χ3v) is 4.05. The molecular weight excluding hydrogens is 212 g/mol. The summed E-state index contributed by atoms with van der Waals surface area (Å²) >= 11 is 0. The van der Waals surface area contributed by atoms with Gasteiger partial charge in [0.1, 0.15) is 5.65 Å². The lowest BCUT2D eigenvalue weighted by Gasteiger charge is -2.31. The second-order valence-electron chi connectivity index (χ2n) is 5.13. The van der Waals surface area contributed by atoms with Crippen molar-refractivity contribution in [2.24, 2.45) is 0 Å². The summed E-state index contributed by atoms with van der Waals surface area (Å²) in [5.41, 5.74) is 2.11. The van der Waals surface area contributed by atoms with E-state index in [1.54, 1.807) is 0 Å². The molecule has 2 heterocycles. The summed E-state index contributed by atoms with van der Waals surface area (Å²) in [6, 6.07) is 6.22. The van der Waals surface area contributed by atoms with Crippen molar-refractivity contribution in [2.75, 3.05) is 6.61 Å². The Morgan fingerprint density at radius 3 is 2.88 bits per heavy atom. The summed E-state index contributed by atoms with van der Waals surface area (Å²) in [7, 11) is 0. The molecule has 2 aromatic rings. The molecule has 1 saturated carbocycles.